The Morgan fingerprint density at radius 3 is 2.68 bits per heavy atom. The standard InChI is InChI=1S/C16H20FNO4/c1-2-21-15(19)11-18(16(20)14-4-3-9-22-14)10-12-5-7-13(17)8-6-12/h5-8,14H,2-4,9-11H2,1H3/t14-/m1/s1. The fraction of sp³-hybridized carbons (Fsp3) is 0.500. The third-order valence-electron chi connectivity index (χ3n) is 3.43. The van der Waals surface area contributed by atoms with Crippen LogP contribution in [0.25, 0.3) is 0 Å². The second-order valence-corrected chi connectivity index (χ2v) is 5.13. The Balaban J connectivity index is 2.07. The Morgan fingerprint density at radius 1 is 1.36 bits per heavy atom. The van der Waals surface area contributed by atoms with Crippen LogP contribution in [0.1, 0.15) is 25.3 Å². The van der Waals surface area contributed by atoms with Crippen molar-refractivity contribution in [2.24, 2.45) is 0 Å². The molecule has 0 aromatic heterocycles. The van der Waals surface area contributed by atoms with Gasteiger partial charge < -0.3 is 14.4 Å². The predicted molar refractivity (Wildman–Crippen MR) is 77.4 cm³/mol. The van der Waals surface area contributed by atoms with Crippen LogP contribution in [0.2, 0.25) is 0 Å². The molecule has 0 radical (unpaired) electrons. The number of amides is 1. The molecule has 0 aliphatic carbocycles. The van der Waals surface area contributed by atoms with Crippen LogP contribution in [0.15, 0.2) is 24.3 Å². The zero-order chi connectivity index (χ0) is 15.9. The predicted octanol–water partition coefficient (Wildman–Crippen LogP) is 1.90. The summed E-state index contributed by atoms with van der Waals surface area (Å²) in [7, 11) is 0. The molecule has 0 unspecified atom stereocenters. The number of esters is 1. The van der Waals surface area contributed by atoms with Crippen LogP contribution < -0.4 is 0 Å². The quantitative estimate of drug-likeness (QED) is 0.753. The molecular weight excluding hydrogens is 289 g/mol. The van der Waals surface area contributed by atoms with Crippen molar-refractivity contribution in [3.8, 4) is 0 Å². The van der Waals surface area contributed by atoms with Crippen LogP contribution in [0.3, 0.4) is 0 Å². The molecule has 1 fully saturated rings. The van der Waals surface area contributed by atoms with Crippen LogP contribution in [0, 0.1) is 5.82 Å². The third kappa shape index (κ3) is 4.53. The Kier molecular flexibility index (Phi) is 5.89. The molecule has 6 heteroatoms. The highest BCUT2D eigenvalue weighted by Gasteiger charge is 2.29. The Labute approximate surface area is 129 Å². The molecule has 1 amide bonds. The van der Waals surface area contributed by atoms with Gasteiger partial charge in [-0.15, -0.1) is 0 Å². The fourth-order valence-electron chi connectivity index (χ4n) is 2.36. The lowest BCUT2D eigenvalue weighted by Crippen LogP contribution is -2.41. The average Bonchev–Trinajstić information content (AvgIpc) is 3.02. The molecule has 1 aromatic rings. The summed E-state index contributed by atoms with van der Waals surface area (Å²) in [5, 5.41) is 0. The SMILES string of the molecule is CCOC(=O)CN(Cc1ccc(F)cc1)C(=O)[C@H]1CCCO1. The van der Waals surface area contributed by atoms with Gasteiger partial charge in [0.05, 0.1) is 6.61 Å². The minimum Gasteiger partial charge on any atom is -0.465 e. The second kappa shape index (κ2) is 7.89. The van der Waals surface area contributed by atoms with Gasteiger partial charge in [0, 0.05) is 13.2 Å². The summed E-state index contributed by atoms with van der Waals surface area (Å²) in [5.74, 6) is -1.03. The van der Waals surface area contributed by atoms with Crippen LogP contribution in [-0.4, -0.2) is 42.6 Å². The number of rotatable bonds is 6. The zero-order valence-corrected chi connectivity index (χ0v) is 12.6. The molecule has 1 saturated heterocycles. The van der Waals surface area contributed by atoms with Crippen molar-refractivity contribution in [1.82, 2.24) is 4.90 Å². The van der Waals surface area contributed by atoms with Crippen LogP contribution in [0.4, 0.5) is 4.39 Å². The van der Waals surface area contributed by atoms with Gasteiger partial charge in [0.15, 0.2) is 0 Å². The molecule has 0 bridgehead atoms. The Hall–Kier alpha value is -1.95. The van der Waals surface area contributed by atoms with E-state index in [0.29, 0.717) is 13.0 Å². The van der Waals surface area contributed by atoms with Crippen molar-refractivity contribution in [3.05, 3.63) is 35.6 Å². The van der Waals surface area contributed by atoms with Gasteiger partial charge in [0.2, 0.25) is 0 Å². The van der Waals surface area contributed by atoms with E-state index in [1.54, 1.807) is 19.1 Å². The first-order chi connectivity index (χ1) is 10.6. The summed E-state index contributed by atoms with van der Waals surface area (Å²) in [5.41, 5.74) is 0.747. The summed E-state index contributed by atoms with van der Waals surface area (Å²) in [6.07, 6.45) is 0.983. The number of halogens is 1. The van der Waals surface area contributed by atoms with E-state index >= 15 is 0 Å². The van der Waals surface area contributed by atoms with Crippen molar-refractivity contribution in [1.29, 1.82) is 0 Å². The molecule has 0 saturated carbocycles. The average molecular weight is 309 g/mol. The molecule has 1 aliphatic rings. The van der Waals surface area contributed by atoms with Gasteiger partial charge in [0.25, 0.3) is 5.91 Å². The van der Waals surface area contributed by atoms with Gasteiger partial charge >= 0.3 is 5.97 Å². The topological polar surface area (TPSA) is 55.8 Å². The van der Waals surface area contributed by atoms with E-state index in [-0.39, 0.29) is 31.4 Å². The number of ether oxygens (including phenoxy) is 2. The zero-order valence-electron chi connectivity index (χ0n) is 12.6. The maximum atomic E-state index is 13.0. The van der Waals surface area contributed by atoms with Gasteiger partial charge in [-0.2, -0.15) is 0 Å². The maximum Gasteiger partial charge on any atom is 0.325 e. The maximum absolute atomic E-state index is 13.0. The molecule has 1 heterocycles. The smallest absolute Gasteiger partial charge is 0.325 e. The highest BCUT2D eigenvalue weighted by Crippen LogP contribution is 2.17. The summed E-state index contributed by atoms with van der Waals surface area (Å²) in [6, 6.07) is 5.84. The van der Waals surface area contributed by atoms with E-state index in [1.165, 1.54) is 17.0 Å². The first kappa shape index (κ1) is 16.4. The normalized spacial score (nSPS) is 17.3. The molecule has 22 heavy (non-hydrogen) atoms. The van der Waals surface area contributed by atoms with E-state index in [1.807, 2.05) is 0 Å². The van der Waals surface area contributed by atoms with E-state index in [9.17, 15) is 14.0 Å². The largest absolute Gasteiger partial charge is 0.465 e. The number of carbonyl (C=O) groups is 2. The number of benzene rings is 1. The van der Waals surface area contributed by atoms with Crippen LogP contribution in [-0.2, 0) is 25.6 Å². The highest BCUT2D eigenvalue weighted by molar-refractivity contribution is 5.85. The first-order valence-corrected chi connectivity index (χ1v) is 7.40. The summed E-state index contributed by atoms with van der Waals surface area (Å²) >= 11 is 0. The molecule has 1 atom stereocenters. The number of hydrogen-bond acceptors (Lipinski definition) is 4. The van der Waals surface area contributed by atoms with Gasteiger partial charge in [-0.25, -0.2) is 4.39 Å². The van der Waals surface area contributed by atoms with Crippen molar-refractivity contribution in [2.75, 3.05) is 19.8 Å². The number of nitrogens with zero attached hydrogens (tertiary/aromatic N) is 1. The first-order valence-electron chi connectivity index (χ1n) is 7.40. The van der Waals surface area contributed by atoms with Gasteiger partial charge in [0.1, 0.15) is 18.5 Å². The van der Waals surface area contributed by atoms with E-state index < -0.39 is 12.1 Å². The Morgan fingerprint density at radius 2 is 2.09 bits per heavy atom. The molecular formula is C16H20FNO4. The van der Waals surface area contributed by atoms with E-state index in [4.69, 9.17) is 9.47 Å². The molecule has 1 aromatic carbocycles. The van der Waals surface area contributed by atoms with Crippen molar-refractivity contribution in [3.63, 3.8) is 0 Å². The van der Waals surface area contributed by atoms with E-state index in [0.717, 1.165) is 12.0 Å². The fourth-order valence-corrected chi connectivity index (χ4v) is 2.36. The second-order valence-electron chi connectivity index (χ2n) is 5.13. The van der Waals surface area contributed by atoms with Crippen molar-refractivity contribution < 1.29 is 23.5 Å². The van der Waals surface area contributed by atoms with Crippen LogP contribution >= 0.6 is 0 Å². The highest BCUT2D eigenvalue weighted by atomic mass is 19.1. The molecule has 0 spiro atoms. The summed E-state index contributed by atoms with van der Waals surface area (Å²) in [6.45, 7) is 2.61. The van der Waals surface area contributed by atoms with Gasteiger partial charge in [-0.1, -0.05) is 12.1 Å². The van der Waals surface area contributed by atoms with Gasteiger partial charge in [-0.3, -0.25) is 9.59 Å². The lowest BCUT2D eigenvalue weighted by Gasteiger charge is -2.24. The van der Waals surface area contributed by atoms with Crippen molar-refractivity contribution >= 4 is 11.9 Å². The minimum atomic E-state index is -0.505. The van der Waals surface area contributed by atoms with Crippen molar-refractivity contribution in [2.45, 2.75) is 32.4 Å². The molecule has 120 valence electrons. The van der Waals surface area contributed by atoms with E-state index in [2.05, 4.69) is 0 Å². The molecule has 1 aliphatic heterocycles. The van der Waals surface area contributed by atoms with Crippen LogP contribution in [0.5, 0.6) is 0 Å². The lowest BCUT2D eigenvalue weighted by molar-refractivity contribution is -0.152. The molecule has 5 nitrogen and oxygen atoms in total. The van der Waals surface area contributed by atoms with Gasteiger partial charge in [-0.05, 0) is 37.5 Å². The summed E-state index contributed by atoms with van der Waals surface area (Å²) in [4.78, 5) is 25.6. The molecule has 2 rings (SSSR count). The lowest BCUT2D eigenvalue weighted by atomic mass is 10.1. The summed E-state index contributed by atoms with van der Waals surface area (Å²) < 4.78 is 23.3. The number of carbonyl (C=O) groups excluding carboxylic acids is 2. The monoisotopic (exact) mass is 309 g/mol. The number of hydrogen-bond donors (Lipinski definition) is 0. The molecule has 0 N–H and O–H groups in total. The Bertz CT molecular complexity index is 511. The minimum absolute atomic E-state index is 0.135. The third-order valence-corrected chi connectivity index (χ3v) is 3.43.